The van der Waals surface area contributed by atoms with E-state index in [2.05, 4.69) is 12.0 Å². The number of unbranched alkanes of at least 4 members (excludes halogenated alkanes) is 4. The summed E-state index contributed by atoms with van der Waals surface area (Å²) in [5.74, 6) is -0.897. The number of carbonyl (C=O) groups is 1. The van der Waals surface area contributed by atoms with Crippen LogP contribution in [0.15, 0.2) is 34.3 Å². The van der Waals surface area contributed by atoms with E-state index in [1.165, 1.54) is 30.7 Å². The van der Waals surface area contributed by atoms with Crippen LogP contribution in [-0.2, 0) is 14.8 Å². The third-order valence-corrected chi connectivity index (χ3v) is 6.01. The summed E-state index contributed by atoms with van der Waals surface area (Å²) in [5.41, 5.74) is 0.563. The normalized spacial score (nSPS) is 18.1. The summed E-state index contributed by atoms with van der Waals surface area (Å²) in [6.07, 6.45) is 6.08. The molecule has 1 aliphatic heterocycles. The molecule has 0 aromatic heterocycles. The molecule has 0 saturated heterocycles. The SMILES string of the molecule is CCCCCCC[C@@H]1C(=O)N(S(=O)(=O)c2ccc(Cl)cc2)N=C1C. The van der Waals surface area contributed by atoms with Crippen molar-refractivity contribution in [1.29, 1.82) is 0 Å². The monoisotopic (exact) mass is 370 g/mol. The maximum absolute atomic E-state index is 12.6. The first-order chi connectivity index (χ1) is 11.4. The van der Waals surface area contributed by atoms with Gasteiger partial charge in [-0.25, -0.2) is 0 Å². The number of carbonyl (C=O) groups excluding carboxylic acids is 1. The van der Waals surface area contributed by atoms with Crippen LogP contribution in [0.2, 0.25) is 5.02 Å². The van der Waals surface area contributed by atoms with Gasteiger partial charge in [0, 0.05) is 10.7 Å². The minimum absolute atomic E-state index is 0.0143. The zero-order chi connectivity index (χ0) is 17.7. The summed E-state index contributed by atoms with van der Waals surface area (Å²) in [4.78, 5) is 12.5. The van der Waals surface area contributed by atoms with E-state index in [0.29, 0.717) is 21.6 Å². The Hall–Kier alpha value is -1.40. The van der Waals surface area contributed by atoms with Crippen LogP contribution in [-0.4, -0.2) is 24.5 Å². The summed E-state index contributed by atoms with van der Waals surface area (Å²) in [6, 6.07) is 5.73. The highest BCUT2D eigenvalue weighted by Crippen LogP contribution is 2.28. The van der Waals surface area contributed by atoms with Gasteiger partial charge in [-0.3, -0.25) is 4.79 Å². The predicted octanol–water partition coefficient (Wildman–Crippen LogP) is 4.22. The number of hydrazone groups is 1. The lowest BCUT2D eigenvalue weighted by Crippen LogP contribution is -2.32. The number of hydrogen-bond donors (Lipinski definition) is 0. The maximum atomic E-state index is 12.6. The van der Waals surface area contributed by atoms with Crippen molar-refractivity contribution in [2.75, 3.05) is 0 Å². The minimum Gasteiger partial charge on any atom is -0.271 e. The van der Waals surface area contributed by atoms with Crippen molar-refractivity contribution in [1.82, 2.24) is 4.41 Å². The first kappa shape index (κ1) is 18.9. The fourth-order valence-corrected chi connectivity index (χ4v) is 4.14. The van der Waals surface area contributed by atoms with Gasteiger partial charge < -0.3 is 0 Å². The second kappa shape index (κ2) is 8.12. The molecule has 0 bridgehead atoms. The Bertz CT molecular complexity index is 714. The van der Waals surface area contributed by atoms with Crippen LogP contribution in [0.1, 0.15) is 52.4 Å². The van der Waals surface area contributed by atoms with Gasteiger partial charge in [0.2, 0.25) is 0 Å². The van der Waals surface area contributed by atoms with E-state index in [-0.39, 0.29) is 4.90 Å². The van der Waals surface area contributed by atoms with Gasteiger partial charge in [-0.05, 0) is 37.6 Å². The van der Waals surface area contributed by atoms with Crippen LogP contribution in [0.4, 0.5) is 0 Å². The van der Waals surface area contributed by atoms with E-state index in [9.17, 15) is 13.2 Å². The number of hydrogen-bond acceptors (Lipinski definition) is 4. The zero-order valence-corrected chi connectivity index (χ0v) is 15.6. The van der Waals surface area contributed by atoms with Gasteiger partial charge in [-0.1, -0.05) is 50.6 Å². The molecule has 1 atom stereocenters. The fraction of sp³-hybridized carbons (Fsp3) is 0.529. The largest absolute Gasteiger partial charge is 0.286 e. The molecule has 1 aliphatic rings. The molecule has 0 aliphatic carbocycles. The van der Waals surface area contributed by atoms with Crippen molar-refractivity contribution in [3.8, 4) is 0 Å². The van der Waals surface area contributed by atoms with Crippen LogP contribution >= 0.6 is 11.6 Å². The molecule has 0 saturated carbocycles. The van der Waals surface area contributed by atoms with Gasteiger partial charge in [-0.15, -0.1) is 4.41 Å². The van der Waals surface area contributed by atoms with Crippen molar-refractivity contribution in [2.24, 2.45) is 11.0 Å². The first-order valence-electron chi connectivity index (χ1n) is 8.27. The van der Waals surface area contributed by atoms with E-state index in [1.54, 1.807) is 6.92 Å². The second-order valence-corrected chi connectivity index (χ2v) is 8.24. The van der Waals surface area contributed by atoms with Gasteiger partial charge in [0.05, 0.1) is 10.8 Å². The molecule has 0 fully saturated rings. The molecule has 24 heavy (non-hydrogen) atoms. The van der Waals surface area contributed by atoms with Gasteiger partial charge >= 0.3 is 0 Å². The molecule has 0 N–H and O–H groups in total. The average molecular weight is 371 g/mol. The Labute approximate surface area is 148 Å². The molecule has 2 rings (SSSR count). The molecular formula is C17H23ClN2O3S. The summed E-state index contributed by atoms with van der Waals surface area (Å²) >= 11 is 5.79. The Balaban J connectivity index is 2.07. The molecule has 132 valence electrons. The molecule has 1 amide bonds. The highest BCUT2D eigenvalue weighted by molar-refractivity contribution is 7.89. The Morgan fingerprint density at radius 2 is 1.75 bits per heavy atom. The molecule has 0 unspecified atom stereocenters. The summed E-state index contributed by atoms with van der Waals surface area (Å²) in [6.45, 7) is 3.86. The topological polar surface area (TPSA) is 66.8 Å². The van der Waals surface area contributed by atoms with E-state index in [0.717, 1.165) is 25.7 Å². The van der Waals surface area contributed by atoms with Gasteiger partial charge in [-0.2, -0.15) is 13.5 Å². The van der Waals surface area contributed by atoms with Crippen molar-refractivity contribution in [3.05, 3.63) is 29.3 Å². The quantitative estimate of drug-likeness (QED) is 0.643. The van der Waals surface area contributed by atoms with Crippen molar-refractivity contribution < 1.29 is 13.2 Å². The number of rotatable bonds is 8. The summed E-state index contributed by atoms with van der Waals surface area (Å²) in [5, 5.41) is 4.45. The smallest absolute Gasteiger partial charge is 0.271 e. The van der Waals surface area contributed by atoms with Crippen LogP contribution in [0.3, 0.4) is 0 Å². The molecule has 5 nitrogen and oxygen atoms in total. The first-order valence-corrected chi connectivity index (χ1v) is 10.1. The third kappa shape index (κ3) is 4.16. The van der Waals surface area contributed by atoms with E-state index < -0.39 is 21.8 Å². The molecule has 1 heterocycles. The second-order valence-electron chi connectivity index (χ2n) is 6.04. The summed E-state index contributed by atoms with van der Waals surface area (Å²) in [7, 11) is -3.97. The molecule has 0 spiro atoms. The standard InChI is InChI=1S/C17H23ClN2O3S/c1-3-4-5-6-7-8-16-13(2)19-20(17(16)21)24(22,23)15-11-9-14(18)10-12-15/h9-12,16H,3-8H2,1-2H3/t16-/m0/s1. The third-order valence-electron chi connectivity index (χ3n) is 4.18. The van der Waals surface area contributed by atoms with Crippen LogP contribution in [0.5, 0.6) is 0 Å². The predicted molar refractivity (Wildman–Crippen MR) is 95.5 cm³/mol. The van der Waals surface area contributed by atoms with Crippen molar-refractivity contribution in [3.63, 3.8) is 0 Å². The molecule has 1 aromatic rings. The van der Waals surface area contributed by atoms with E-state index in [1.807, 2.05) is 0 Å². The Kier molecular flexibility index (Phi) is 6.40. The minimum atomic E-state index is -3.97. The van der Waals surface area contributed by atoms with Gasteiger partial charge in [0.1, 0.15) is 0 Å². The molecule has 1 aromatic carbocycles. The van der Waals surface area contributed by atoms with E-state index >= 15 is 0 Å². The lowest BCUT2D eigenvalue weighted by Gasteiger charge is -2.14. The number of nitrogens with zero attached hydrogens (tertiary/aromatic N) is 2. The Morgan fingerprint density at radius 1 is 1.12 bits per heavy atom. The molecular weight excluding hydrogens is 348 g/mol. The average Bonchev–Trinajstić information content (AvgIpc) is 2.83. The van der Waals surface area contributed by atoms with E-state index in [4.69, 9.17) is 11.6 Å². The number of benzene rings is 1. The van der Waals surface area contributed by atoms with Crippen LogP contribution in [0.25, 0.3) is 0 Å². The van der Waals surface area contributed by atoms with Crippen molar-refractivity contribution in [2.45, 2.75) is 57.3 Å². The number of halogens is 1. The lowest BCUT2D eigenvalue weighted by atomic mass is 9.97. The van der Waals surface area contributed by atoms with Crippen molar-refractivity contribution >= 4 is 33.2 Å². The highest BCUT2D eigenvalue weighted by Gasteiger charge is 2.40. The van der Waals surface area contributed by atoms with Gasteiger partial charge in [0.15, 0.2) is 0 Å². The Morgan fingerprint density at radius 3 is 2.38 bits per heavy atom. The zero-order valence-electron chi connectivity index (χ0n) is 14.0. The summed E-state index contributed by atoms with van der Waals surface area (Å²) < 4.78 is 25.9. The number of sulfonamides is 1. The lowest BCUT2D eigenvalue weighted by molar-refractivity contribution is -0.127. The maximum Gasteiger partial charge on any atom is 0.286 e. The molecule has 7 heteroatoms. The fourth-order valence-electron chi connectivity index (χ4n) is 2.74. The van der Waals surface area contributed by atoms with Crippen LogP contribution < -0.4 is 0 Å². The molecule has 0 radical (unpaired) electrons. The highest BCUT2D eigenvalue weighted by atomic mass is 35.5. The van der Waals surface area contributed by atoms with Crippen LogP contribution in [0, 0.1) is 5.92 Å². The number of amides is 1. The van der Waals surface area contributed by atoms with Gasteiger partial charge in [0.25, 0.3) is 15.9 Å².